The zero-order valence-corrected chi connectivity index (χ0v) is 7.72. The zero-order valence-electron chi connectivity index (χ0n) is 5.39. The molecular weight excluding hydrogens is 211 g/mol. The average Bonchev–Trinajstić information content (AvgIpc) is 2.04. The minimum atomic E-state index is -0.369. The van der Waals surface area contributed by atoms with Gasteiger partial charge in [-0.1, -0.05) is 0 Å². The van der Waals surface area contributed by atoms with E-state index in [0.717, 1.165) is 12.1 Å². The molecule has 0 aromatic rings. The highest BCUT2D eigenvalue weighted by atomic mass is 35.5. The lowest BCUT2D eigenvalue weighted by Gasteiger charge is -2.00. The molecule has 0 aliphatic heterocycles. The number of hydrogen-bond donors (Lipinski definition) is 2. The van der Waals surface area contributed by atoms with Gasteiger partial charge in [0.1, 0.15) is 11.8 Å². The molecule has 11 heavy (non-hydrogen) atoms. The van der Waals surface area contributed by atoms with E-state index < -0.39 is 0 Å². The number of nitrogens with one attached hydrogen (secondary N) is 2. The lowest BCUT2D eigenvalue weighted by atomic mass is 10.8. The third-order valence-corrected chi connectivity index (χ3v) is 1.72. The first-order chi connectivity index (χ1) is 5.20. The summed E-state index contributed by atoms with van der Waals surface area (Å²) in [5.74, 6) is -1.01. The molecular formula is C4H6Cl2N2O2S. The molecule has 0 rings (SSSR count). The number of rotatable bonds is 4. The Balaban J connectivity index is 3.27. The summed E-state index contributed by atoms with van der Waals surface area (Å²) in [7, 11) is 0. The van der Waals surface area contributed by atoms with E-state index >= 15 is 0 Å². The van der Waals surface area contributed by atoms with E-state index in [9.17, 15) is 9.59 Å². The summed E-state index contributed by atoms with van der Waals surface area (Å²) >= 11 is 11.0. The minimum absolute atomic E-state index is 0.135. The SMILES string of the molecule is O=C(CCl)NSNC(=O)CCl. The molecule has 0 heterocycles. The summed E-state index contributed by atoms with van der Waals surface area (Å²) in [5, 5.41) is 0. The number of carbonyl (C=O) groups excluding carboxylic acids is 2. The molecule has 4 nitrogen and oxygen atoms in total. The van der Waals surface area contributed by atoms with Gasteiger partial charge in [-0.2, -0.15) is 0 Å². The van der Waals surface area contributed by atoms with Crippen LogP contribution < -0.4 is 9.44 Å². The van der Waals surface area contributed by atoms with Crippen molar-refractivity contribution in [3.8, 4) is 0 Å². The predicted octanol–water partition coefficient (Wildman–Crippen LogP) is 0.260. The van der Waals surface area contributed by atoms with Crippen molar-refractivity contribution in [2.75, 3.05) is 11.8 Å². The molecule has 64 valence electrons. The number of carbonyl (C=O) groups is 2. The molecule has 0 aliphatic carbocycles. The molecule has 0 spiro atoms. The summed E-state index contributed by atoms with van der Waals surface area (Å²) in [6.45, 7) is 0. The monoisotopic (exact) mass is 216 g/mol. The van der Waals surface area contributed by atoms with Crippen LogP contribution in [0.1, 0.15) is 0 Å². The van der Waals surface area contributed by atoms with Gasteiger partial charge in [0.2, 0.25) is 11.8 Å². The summed E-state index contributed by atoms with van der Waals surface area (Å²) < 4.78 is 4.51. The van der Waals surface area contributed by atoms with Gasteiger partial charge in [-0.05, 0) is 0 Å². The lowest BCUT2D eigenvalue weighted by molar-refractivity contribution is -0.116. The molecule has 7 heteroatoms. The van der Waals surface area contributed by atoms with Crippen molar-refractivity contribution in [3.63, 3.8) is 0 Å². The van der Waals surface area contributed by atoms with E-state index in [-0.39, 0.29) is 23.6 Å². The molecule has 0 unspecified atom stereocenters. The molecule has 0 atom stereocenters. The Bertz CT molecular complexity index is 139. The van der Waals surface area contributed by atoms with Gasteiger partial charge in [0.15, 0.2) is 0 Å². The predicted molar refractivity (Wildman–Crippen MR) is 45.3 cm³/mol. The van der Waals surface area contributed by atoms with Gasteiger partial charge in [-0.3, -0.25) is 19.0 Å². The van der Waals surface area contributed by atoms with E-state index in [1.807, 2.05) is 0 Å². The molecule has 2 N–H and O–H groups in total. The average molecular weight is 217 g/mol. The minimum Gasteiger partial charge on any atom is -0.281 e. The van der Waals surface area contributed by atoms with Crippen molar-refractivity contribution in [1.82, 2.24) is 9.44 Å². The smallest absolute Gasteiger partial charge is 0.246 e. The molecule has 0 radical (unpaired) electrons. The van der Waals surface area contributed by atoms with Crippen LogP contribution in [0, 0.1) is 0 Å². The second-order valence-electron chi connectivity index (χ2n) is 1.42. The fraction of sp³-hybridized carbons (Fsp3) is 0.500. The lowest BCUT2D eigenvalue weighted by Crippen LogP contribution is -2.26. The van der Waals surface area contributed by atoms with Crippen molar-refractivity contribution in [1.29, 1.82) is 0 Å². The first-order valence-corrected chi connectivity index (χ1v) is 4.44. The maximum Gasteiger partial charge on any atom is 0.246 e. The van der Waals surface area contributed by atoms with E-state index in [4.69, 9.17) is 23.2 Å². The quantitative estimate of drug-likeness (QED) is 0.524. The van der Waals surface area contributed by atoms with Gasteiger partial charge in [-0.15, -0.1) is 23.2 Å². The van der Waals surface area contributed by atoms with Gasteiger partial charge in [-0.25, -0.2) is 0 Å². The summed E-state index contributed by atoms with van der Waals surface area (Å²) in [6.07, 6.45) is 0. The third-order valence-electron chi connectivity index (χ3n) is 0.572. The third kappa shape index (κ3) is 6.28. The van der Waals surface area contributed by atoms with Crippen LogP contribution in [-0.2, 0) is 9.59 Å². The maximum absolute atomic E-state index is 10.4. The van der Waals surface area contributed by atoms with Gasteiger partial charge in [0.25, 0.3) is 0 Å². The highest BCUT2D eigenvalue weighted by molar-refractivity contribution is 7.96. The van der Waals surface area contributed by atoms with Crippen LogP contribution in [-0.4, -0.2) is 23.6 Å². The van der Waals surface area contributed by atoms with Crippen LogP contribution >= 0.6 is 35.3 Å². The Morgan fingerprint density at radius 2 is 1.45 bits per heavy atom. The fourth-order valence-corrected chi connectivity index (χ4v) is 0.909. The van der Waals surface area contributed by atoms with E-state index in [2.05, 4.69) is 9.44 Å². The Hall–Kier alpha value is -0.130. The van der Waals surface area contributed by atoms with Crippen LogP contribution in [0.25, 0.3) is 0 Å². The van der Waals surface area contributed by atoms with Gasteiger partial charge in [0.05, 0.1) is 12.1 Å². The van der Waals surface area contributed by atoms with Crippen LogP contribution in [0.4, 0.5) is 0 Å². The van der Waals surface area contributed by atoms with E-state index in [1.54, 1.807) is 0 Å². The van der Waals surface area contributed by atoms with Crippen molar-refractivity contribution >= 4 is 47.2 Å². The number of hydrogen-bond acceptors (Lipinski definition) is 3. The van der Waals surface area contributed by atoms with Crippen molar-refractivity contribution in [2.24, 2.45) is 0 Å². The van der Waals surface area contributed by atoms with Gasteiger partial charge in [0, 0.05) is 0 Å². The standard InChI is InChI=1S/C4H6Cl2N2O2S/c5-1-3(9)7-11-8-4(10)2-6/h1-2H2,(H,7,9)(H,8,10). The summed E-state index contributed by atoms with van der Waals surface area (Å²) in [4.78, 5) is 20.9. The number of alkyl halides is 2. The highest BCUT2D eigenvalue weighted by Crippen LogP contribution is 1.87. The molecule has 0 saturated carbocycles. The first kappa shape index (κ1) is 10.9. The summed E-state index contributed by atoms with van der Waals surface area (Å²) in [6, 6.07) is 0. The Kier molecular flexibility index (Phi) is 6.49. The second-order valence-corrected chi connectivity index (χ2v) is 2.57. The van der Waals surface area contributed by atoms with Crippen LogP contribution in [0.3, 0.4) is 0 Å². The van der Waals surface area contributed by atoms with Crippen LogP contribution in [0.2, 0.25) is 0 Å². The molecule has 0 aromatic carbocycles. The normalized spacial score (nSPS) is 8.91. The molecule has 0 fully saturated rings. The van der Waals surface area contributed by atoms with Crippen molar-refractivity contribution in [2.45, 2.75) is 0 Å². The number of amides is 2. The fourth-order valence-electron chi connectivity index (χ4n) is 0.194. The van der Waals surface area contributed by atoms with E-state index in [0.29, 0.717) is 0 Å². The van der Waals surface area contributed by atoms with E-state index in [1.165, 1.54) is 0 Å². The maximum atomic E-state index is 10.4. The van der Waals surface area contributed by atoms with Crippen LogP contribution in [0.15, 0.2) is 0 Å². The highest BCUT2D eigenvalue weighted by Gasteiger charge is 2.00. The molecule has 0 aromatic heterocycles. The van der Waals surface area contributed by atoms with Crippen LogP contribution in [0.5, 0.6) is 0 Å². The molecule has 2 amide bonds. The van der Waals surface area contributed by atoms with Gasteiger partial charge < -0.3 is 0 Å². The van der Waals surface area contributed by atoms with Crippen molar-refractivity contribution in [3.05, 3.63) is 0 Å². The molecule has 0 aliphatic rings. The Labute approximate surface area is 78.3 Å². The topological polar surface area (TPSA) is 58.2 Å². The zero-order chi connectivity index (χ0) is 8.69. The first-order valence-electron chi connectivity index (χ1n) is 2.56. The Morgan fingerprint density at radius 1 is 1.09 bits per heavy atom. The van der Waals surface area contributed by atoms with Gasteiger partial charge >= 0.3 is 0 Å². The second kappa shape index (κ2) is 6.57. The number of halogens is 2. The Morgan fingerprint density at radius 3 is 1.73 bits per heavy atom. The van der Waals surface area contributed by atoms with Crippen molar-refractivity contribution < 1.29 is 9.59 Å². The molecule has 0 saturated heterocycles. The largest absolute Gasteiger partial charge is 0.281 e. The molecule has 0 bridgehead atoms. The summed E-state index contributed by atoms with van der Waals surface area (Å²) in [5.41, 5.74) is 0.